The maximum absolute atomic E-state index is 10.5. The van der Waals surface area contributed by atoms with Gasteiger partial charge in [-0.05, 0) is 0 Å². The summed E-state index contributed by atoms with van der Waals surface area (Å²) >= 11 is 4.72. The van der Waals surface area contributed by atoms with Crippen LogP contribution in [-0.2, 0) is 0 Å². The molecule has 0 spiro atoms. The van der Waals surface area contributed by atoms with Crippen molar-refractivity contribution in [1.29, 1.82) is 0 Å². The van der Waals surface area contributed by atoms with Gasteiger partial charge in [0.2, 0.25) is 0 Å². The Hall–Kier alpha value is -0.193. The van der Waals surface area contributed by atoms with E-state index in [1.54, 1.807) is 18.2 Å². The van der Waals surface area contributed by atoms with Crippen LogP contribution in [0, 0.1) is 0 Å². The third-order valence-electron chi connectivity index (χ3n) is 1.22. The van der Waals surface area contributed by atoms with E-state index >= 15 is 0 Å². The molecule has 0 aliphatic heterocycles. The normalized spacial score (nSPS) is 9.64. The van der Waals surface area contributed by atoms with Gasteiger partial charge in [-0.3, -0.25) is 0 Å². The van der Waals surface area contributed by atoms with Crippen LogP contribution in [0.15, 0.2) is 18.2 Å². The number of hydrogen-bond donors (Lipinski definition) is 1. The number of aromatic carboxylic acids is 1. The zero-order chi connectivity index (χ0) is 8.43. The van der Waals surface area contributed by atoms with Gasteiger partial charge in [-0.1, -0.05) is 0 Å². The van der Waals surface area contributed by atoms with Gasteiger partial charge in [0.15, 0.2) is 0 Å². The molecular weight excluding hydrogens is 266 g/mol. The molecule has 54 valence electrons. The van der Waals surface area contributed by atoms with Crippen LogP contribution < -0.4 is 8.70 Å². The fourth-order valence-corrected chi connectivity index (χ4v) is 1.40. The molecule has 11 heavy (non-hydrogen) atoms. The van der Waals surface area contributed by atoms with Gasteiger partial charge in [-0.15, -0.1) is 0 Å². The Kier molecular flexibility index (Phi) is 2.81. The van der Waals surface area contributed by atoms with Crippen LogP contribution in [0.5, 0.6) is 0 Å². The van der Waals surface area contributed by atoms with Crippen molar-refractivity contribution in [2.24, 2.45) is 0 Å². The summed E-state index contributed by atoms with van der Waals surface area (Å²) < 4.78 is 1.96. The SMILES string of the molecule is O=C(O)c1ccc([As])c([As])c1. The molecule has 0 fully saturated rings. The summed E-state index contributed by atoms with van der Waals surface area (Å²) in [4.78, 5) is 10.5. The number of hydrogen-bond acceptors (Lipinski definition) is 1. The molecule has 0 atom stereocenters. The average molecular weight is 270 g/mol. The van der Waals surface area contributed by atoms with Crippen molar-refractivity contribution in [3.05, 3.63) is 23.8 Å². The molecule has 0 unspecified atom stereocenters. The topological polar surface area (TPSA) is 37.3 Å². The molecule has 0 heterocycles. The van der Waals surface area contributed by atoms with Crippen LogP contribution in [0.1, 0.15) is 10.4 Å². The second kappa shape index (κ2) is 3.47. The number of carboxylic acids is 1. The van der Waals surface area contributed by atoms with E-state index in [4.69, 9.17) is 5.11 Å². The Morgan fingerprint density at radius 2 is 1.91 bits per heavy atom. The third kappa shape index (κ3) is 2.12. The second-order valence-electron chi connectivity index (χ2n) is 2.01. The predicted molar refractivity (Wildman–Crippen MR) is 44.2 cm³/mol. The standard InChI is InChI=1S/C7H4As2O2/c8-5-2-1-4(7(10)11)3-6(5)9/h1-3H,(H,10,11). The monoisotopic (exact) mass is 270 g/mol. The van der Waals surface area contributed by atoms with Crippen LogP contribution in [0.3, 0.4) is 0 Å². The van der Waals surface area contributed by atoms with Crippen molar-refractivity contribution in [3.63, 3.8) is 0 Å². The van der Waals surface area contributed by atoms with Crippen LogP contribution in [0.4, 0.5) is 0 Å². The molecule has 1 N–H and O–H groups in total. The maximum atomic E-state index is 10.5. The van der Waals surface area contributed by atoms with Gasteiger partial charge in [-0.25, -0.2) is 0 Å². The van der Waals surface area contributed by atoms with Crippen molar-refractivity contribution < 1.29 is 9.90 Å². The Balaban J connectivity index is 3.15. The first-order valence-electron chi connectivity index (χ1n) is 2.86. The minimum atomic E-state index is -0.884. The van der Waals surface area contributed by atoms with Crippen molar-refractivity contribution >= 4 is 48.4 Å². The summed E-state index contributed by atoms with van der Waals surface area (Å²) in [5, 5.41) is 8.59. The van der Waals surface area contributed by atoms with Crippen molar-refractivity contribution in [1.82, 2.24) is 0 Å². The Morgan fingerprint density at radius 1 is 1.27 bits per heavy atom. The quantitative estimate of drug-likeness (QED) is 0.663. The summed E-state index contributed by atoms with van der Waals surface area (Å²) in [6.45, 7) is 0. The van der Waals surface area contributed by atoms with Gasteiger partial charge >= 0.3 is 82.0 Å². The van der Waals surface area contributed by atoms with Crippen molar-refractivity contribution in [3.8, 4) is 0 Å². The molecule has 4 radical (unpaired) electrons. The molecule has 0 saturated carbocycles. The Labute approximate surface area is 82.0 Å². The molecule has 0 amide bonds. The van der Waals surface area contributed by atoms with Gasteiger partial charge in [0, 0.05) is 0 Å². The van der Waals surface area contributed by atoms with E-state index < -0.39 is 5.97 Å². The van der Waals surface area contributed by atoms with Gasteiger partial charge < -0.3 is 0 Å². The molecule has 0 bridgehead atoms. The number of rotatable bonds is 1. The molecular formula is C7H4As2O2. The summed E-state index contributed by atoms with van der Waals surface area (Å²) in [6.07, 6.45) is 0. The number of carbonyl (C=O) groups is 1. The molecule has 2 nitrogen and oxygen atoms in total. The first-order valence-corrected chi connectivity index (χ1v) is 4.74. The van der Waals surface area contributed by atoms with Gasteiger partial charge in [0.1, 0.15) is 0 Å². The molecule has 0 aliphatic rings. The summed E-state index contributed by atoms with van der Waals surface area (Å²) in [6, 6.07) is 5.00. The van der Waals surface area contributed by atoms with E-state index in [2.05, 4.69) is 33.7 Å². The molecule has 1 aromatic carbocycles. The minimum absolute atomic E-state index is 0.329. The average Bonchev–Trinajstić information content (AvgIpc) is 1.94. The third-order valence-corrected chi connectivity index (χ3v) is 3.65. The second-order valence-corrected chi connectivity index (χ2v) is 4.03. The van der Waals surface area contributed by atoms with E-state index in [0.29, 0.717) is 5.56 Å². The van der Waals surface area contributed by atoms with E-state index in [1.807, 2.05) is 0 Å². The van der Waals surface area contributed by atoms with E-state index in [9.17, 15) is 4.79 Å². The van der Waals surface area contributed by atoms with Crippen LogP contribution >= 0.6 is 0 Å². The predicted octanol–water partition coefficient (Wildman–Crippen LogP) is -1.03. The molecule has 1 aromatic rings. The molecule has 0 saturated heterocycles. The fraction of sp³-hybridized carbons (Fsp3) is 0. The Morgan fingerprint density at radius 3 is 2.36 bits per heavy atom. The fourth-order valence-electron chi connectivity index (χ4n) is 0.656. The number of benzene rings is 1. The molecule has 4 heteroatoms. The van der Waals surface area contributed by atoms with Gasteiger partial charge in [0.25, 0.3) is 0 Å². The Bertz CT molecular complexity index is 296. The zero-order valence-corrected chi connectivity index (χ0v) is 9.24. The summed E-state index contributed by atoms with van der Waals surface area (Å²) in [7, 11) is 0. The van der Waals surface area contributed by atoms with Crippen molar-refractivity contribution in [2.75, 3.05) is 0 Å². The molecule has 0 aliphatic carbocycles. The van der Waals surface area contributed by atoms with Crippen LogP contribution in [0.2, 0.25) is 0 Å². The van der Waals surface area contributed by atoms with Gasteiger partial charge in [-0.2, -0.15) is 0 Å². The zero-order valence-electron chi connectivity index (χ0n) is 5.48. The van der Waals surface area contributed by atoms with Crippen molar-refractivity contribution in [2.45, 2.75) is 0 Å². The molecule has 1 rings (SSSR count). The molecule has 0 aromatic heterocycles. The van der Waals surface area contributed by atoms with E-state index in [1.165, 1.54) is 0 Å². The van der Waals surface area contributed by atoms with Crippen LogP contribution in [-0.4, -0.2) is 44.8 Å². The number of carboxylic acid groups (broad SMARTS) is 1. The van der Waals surface area contributed by atoms with Crippen LogP contribution in [0.25, 0.3) is 0 Å². The van der Waals surface area contributed by atoms with E-state index in [0.717, 1.165) is 8.70 Å². The summed E-state index contributed by atoms with van der Waals surface area (Å²) in [5.41, 5.74) is 0.329. The first kappa shape index (κ1) is 8.90. The van der Waals surface area contributed by atoms with E-state index in [-0.39, 0.29) is 0 Å². The summed E-state index contributed by atoms with van der Waals surface area (Å²) in [5.74, 6) is -0.884. The first-order chi connectivity index (χ1) is 5.11. The van der Waals surface area contributed by atoms with Gasteiger partial charge in [0.05, 0.1) is 0 Å².